The molecule has 2 heterocycles. The molecule has 1 aromatic rings. The minimum Gasteiger partial charge on any atom is -0.345 e. The molecule has 2 atom stereocenters. The molecule has 1 saturated carbocycles. The van der Waals surface area contributed by atoms with Gasteiger partial charge in [-0.3, -0.25) is 4.79 Å². The Bertz CT molecular complexity index is 376. The van der Waals surface area contributed by atoms with Crippen molar-refractivity contribution >= 4 is 22.8 Å². The number of carbonyl (C=O) groups excluding carboxylic acids is 1. The van der Waals surface area contributed by atoms with Crippen molar-refractivity contribution in [1.82, 2.24) is 4.98 Å². The molecule has 2 aliphatic rings. The Hall–Kier alpha value is -0.900. The van der Waals surface area contributed by atoms with Crippen molar-refractivity contribution < 1.29 is 4.79 Å². The molecule has 15 heavy (non-hydrogen) atoms. The summed E-state index contributed by atoms with van der Waals surface area (Å²) in [4.78, 5) is 18.1. The van der Waals surface area contributed by atoms with Gasteiger partial charge in [0.05, 0.1) is 11.1 Å². The second-order valence-corrected chi connectivity index (χ2v) is 5.44. The molecule has 1 saturated heterocycles. The summed E-state index contributed by atoms with van der Waals surface area (Å²) in [5, 5.41) is 1.05. The van der Waals surface area contributed by atoms with E-state index in [4.69, 9.17) is 0 Å². The van der Waals surface area contributed by atoms with E-state index in [2.05, 4.69) is 9.88 Å². The Balaban J connectivity index is 1.84. The zero-order chi connectivity index (χ0) is 10.3. The number of nitrogens with zero attached hydrogens (tertiary/aromatic N) is 2. The van der Waals surface area contributed by atoms with Gasteiger partial charge in [-0.15, -0.1) is 0 Å². The summed E-state index contributed by atoms with van der Waals surface area (Å²) in [6.07, 6.45) is 7.94. The molecule has 0 amide bonds. The smallest absolute Gasteiger partial charge is 0.186 e. The second-order valence-electron chi connectivity index (χ2n) is 4.40. The molecule has 2 fully saturated rings. The lowest BCUT2D eigenvalue weighted by Crippen LogP contribution is -2.29. The average molecular weight is 222 g/mol. The number of carbonyl (C=O) groups is 1. The molecule has 0 N–H and O–H groups in total. The summed E-state index contributed by atoms with van der Waals surface area (Å²) < 4.78 is 0. The van der Waals surface area contributed by atoms with E-state index >= 15 is 0 Å². The Morgan fingerprint density at radius 1 is 1.47 bits per heavy atom. The molecule has 3 rings (SSSR count). The minimum atomic E-state index is 0.704. The molecule has 2 unspecified atom stereocenters. The fourth-order valence-electron chi connectivity index (χ4n) is 2.94. The first kappa shape index (κ1) is 9.33. The molecule has 3 nitrogen and oxygen atoms in total. The largest absolute Gasteiger partial charge is 0.345 e. The fraction of sp³-hybridized carbons (Fsp3) is 0.636. The van der Waals surface area contributed by atoms with Gasteiger partial charge in [-0.2, -0.15) is 0 Å². The number of hydrogen-bond donors (Lipinski definition) is 0. The van der Waals surface area contributed by atoms with Crippen LogP contribution in [0.25, 0.3) is 0 Å². The topological polar surface area (TPSA) is 33.2 Å². The van der Waals surface area contributed by atoms with Crippen LogP contribution in [0.2, 0.25) is 0 Å². The number of fused-ring (bicyclic) bond motifs is 1. The number of hydrogen-bond acceptors (Lipinski definition) is 4. The van der Waals surface area contributed by atoms with E-state index in [1.807, 2.05) is 0 Å². The third-order valence-corrected chi connectivity index (χ3v) is 4.59. The van der Waals surface area contributed by atoms with Crippen LogP contribution in [0.15, 0.2) is 6.20 Å². The predicted octanol–water partition coefficient (Wildman–Crippen LogP) is 2.33. The minimum absolute atomic E-state index is 0.704. The van der Waals surface area contributed by atoms with Crippen molar-refractivity contribution in [3.05, 3.63) is 11.1 Å². The van der Waals surface area contributed by atoms with Gasteiger partial charge in [0.2, 0.25) is 0 Å². The molecule has 0 radical (unpaired) electrons. The zero-order valence-electron chi connectivity index (χ0n) is 8.56. The molecular weight excluding hydrogens is 208 g/mol. The quantitative estimate of drug-likeness (QED) is 0.720. The number of rotatable bonds is 2. The van der Waals surface area contributed by atoms with Crippen molar-refractivity contribution in [1.29, 1.82) is 0 Å². The van der Waals surface area contributed by atoms with E-state index < -0.39 is 0 Å². The van der Waals surface area contributed by atoms with Crippen molar-refractivity contribution in [3.8, 4) is 0 Å². The second kappa shape index (κ2) is 3.59. The Morgan fingerprint density at radius 3 is 3.20 bits per heavy atom. The molecule has 80 valence electrons. The maximum Gasteiger partial charge on any atom is 0.186 e. The zero-order valence-corrected chi connectivity index (χ0v) is 9.37. The standard InChI is InChI=1S/C11H14N2OS/c14-7-9-6-12-11(15-9)13-5-4-8-2-1-3-10(8)13/h6-8,10H,1-5H2. The summed E-state index contributed by atoms with van der Waals surface area (Å²) in [7, 11) is 0. The number of aromatic nitrogens is 1. The van der Waals surface area contributed by atoms with E-state index in [1.165, 1.54) is 37.0 Å². The normalized spacial score (nSPS) is 29.5. The maximum absolute atomic E-state index is 10.6. The molecule has 0 spiro atoms. The summed E-state index contributed by atoms with van der Waals surface area (Å²) in [6, 6.07) is 0.704. The lowest BCUT2D eigenvalue weighted by molar-refractivity contribution is 0.112. The van der Waals surface area contributed by atoms with E-state index in [1.54, 1.807) is 6.20 Å². The van der Waals surface area contributed by atoms with Crippen LogP contribution in [-0.4, -0.2) is 23.9 Å². The van der Waals surface area contributed by atoms with Gasteiger partial charge in [-0.05, 0) is 25.2 Å². The van der Waals surface area contributed by atoms with Gasteiger partial charge >= 0.3 is 0 Å². The van der Waals surface area contributed by atoms with Gasteiger partial charge in [0.1, 0.15) is 0 Å². The van der Waals surface area contributed by atoms with Crippen LogP contribution < -0.4 is 4.90 Å². The third-order valence-electron chi connectivity index (χ3n) is 3.63. The highest BCUT2D eigenvalue weighted by Crippen LogP contribution is 2.41. The highest BCUT2D eigenvalue weighted by atomic mass is 32.1. The third kappa shape index (κ3) is 1.47. The van der Waals surface area contributed by atoms with Gasteiger partial charge in [-0.1, -0.05) is 17.8 Å². The van der Waals surface area contributed by atoms with Crippen LogP contribution in [0, 0.1) is 5.92 Å². The van der Waals surface area contributed by atoms with Crippen LogP contribution in [-0.2, 0) is 0 Å². The van der Waals surface area contributed by atoms with Crippen LogP contribution in [0.5, 0.6) is 0 Å². The van der Waals surface area contributed by atoms with Gasteiger partial charge in [0, 0.05) is 12.6 Å². The van der Waals surface area contributed by atoms with Gasteiger partial charge < -0.3 is 4.90 Å². The van der Waals surface area contributed by atoms with Crippen molar-refractivity contribution in [3.63, 3.8) is 0 Å². The lowest BCUT2D eigenvalue weighted by atomic mass is 10.1. The summed E-state index contributed by atoms with van der Waals surface area (Å²) in [5.74, 6) is 0.883. The Labute approximate surface area is 93.1 Å². The Kier molecular flexibility index (Phi) is 2.24. The van der Waals surface area contributed by atoms with Crippen molar-refractivity contribution in [2.45, 2.75) is 31.7 Å². The summed E-state index contributed by atoms with van der Waals surface area (Å²) in [6.45, 7) is 1.13. The van der Waals surface area contributed by atoms with Gasteiger partial charge in [0.25, 0.3) is 0 Å². The van der Waals surface area contributed by atoms with Crippen LogP contribution in [0.1, 0.15) is 35.4 Å². The highest BCUT2D eigenvalue weighted by molar-refractivity contribution is 7.17. The average Bonchev–Trinajstić information content (AvgIpc) is 2.92. The first-order valence-corrected chi connectivity index (χ1v) is 6.38. The number of thiazole rings is 1. The van der Waals surface area contributed by atoms with E-state index in [0.29, 0.717) is 6.04 Å². The first-order chi connectivity index (χ1) is 7.38. The Morgan fingerprint density at radius 2 is 2.40 bits per heavy atom. The van der Waals surface area contributed by atoms with Crippen molar-refractivity contribution in [2.75, 3.05) is 11.4 Å². The van der Waals surface area contributed by atoms with E-state index in [0.717, 1.165) is 28.8 Å². The van der Waals surface area contributed by atoms with E-state index in [9.17, 15) is 4.79 Å². The fourth-order valence-corrected chi connectivity index (χ4v) is 3.75. The molecule has 1 aliphatic carbocycles. The van der Waals surface area contributed by atoms with E-state index in [-0.39, 0.29) is 0 Å². The number of anilines is 1. The predicted molar refractivity (Wildman–Crippen MR) is 60.6 cm³/mol. The summed E-state index contributed by atoms with van der Waals surface area (Å²) in [5.41, 5.74) is 0. The lowest BCUT2D eigenvalue weighted by Gasteiger charge is -2.22. The van der Waals surface area contributed by atoms with Gasteiger partial charge in [-0.25, -0.2) is 4.98 Å². The first-order valence-electron chi connectivity index (χ1n) is 5.56. The molecule has 4 heteroatoms. The van der Waals surface area contributed by atoms with Crippen molar-refractivity contribution in [2.24, 2.45) is 5.92 Å². The molecule has 1 aliphatic heterocycles. The molecule has 0 bridgehead atoms. The monoisotopic (exact) mass is 222 g/mol. The maximum atomic E-state index is 10.6. The van der Waals surface area contributed by atoms with Gasteiger partial charge in [0.15, 0.2) is 11.4 Å². The van der Waals surface area contributed by atoms with Crippen LogP contribution in [0.3, 0.4) is 0 Å². The molecule has 1 aromatic heterocycles. The van der Waals surface area contributed by atoms with Crippen LogP contribution in [0.4, 0.5) is 5.13 Å². The molecular formula is C11H14N2OS. The highest BCUT2D eigenvalue weighted by Gasteiger charge is 2.38. The number of aldehydes is 1. The SMILES string of the molecule is O=Cc1cnc(N2CCC3CCCC32)s1. The van der Waals surface area contributed by atoms with Crippen LogP contribution >= 0.6 is 11.3 Å². The molecule has 0 aromatic carbocycles. The summed E-state index contributed by atoms with van der Waals surface area (Å²) >= 11 is 1.53.